The average molecular weight is 387 g/mol. The zero-order chi connectivity index (χ0) is 13.0. The molecule has 0 amide bonds. The van der Waals surface area contributed by atoms with Gasteiger partial charge in [-0.3, -0.25) is 0 Å². The van der Waals surface area contributed by atoms with Gasteiger partial charge in [0.25, 0.3) is 0 Å². The van der Waals surface area contributed by atoms with Gasteiger partial charge in [-0.25, -0.2) is 0 Å². The molecule has 0 aliphatic rings. The molecule has 1 nitrogen and oxygen atoms in total. The number of rotatable bonds is 12. The van der Waals surface area contributed by atoms with Crippen molar-refractivity contribution in [3.63, 3.8) is 0 Å². The Morgan fingerprint density at radius 3 is 1.61 bits per heavy atom. The van der Waals surface area contributed by atoms with E-state index >= 15 is 0 Å². The normalized spacial score (nSPS) is 14.0. The van der Waals surface area contributed by atoms with Crippen molar-refractivity contribution >= 4 is 15.9 Å². The molecule has 0 aliphatic carbocycles. The van der Waals surface area contributed by atoms with Gasteiger partial charge in [-0.2, -0.15) is 0 Å². The van der Waals surface area contributed by atoms with E-state index in [9.17, 15) is 0 Å². The molecular formula is C15H33Br2N. The number of unbranched alkanes of at least 4 members (excludes halogenated alkanes) is 7. The van der Waals surface area contributed by atoms with Gasteiger partial charge < -0.3 is 21.5 Å². The highest BCUT2D eigenvalue weighted by Crippen LogP contribution is 2.13. The van der Waals surface area contributed by atoms with Gasteiger partial charge in [-0.1, -0.05) is 46.0 Å². The monoisotopic (exact) mass is 385 g/mol. The summed E-state index contributed by atoms with van der Waals surface area (Å²) in [6.45, 7) is 7.26. The van der Waals surface area contributed by atoms with E-state index < -0.39 is 0 Å². The Morgan fingerprint density at radius 1 is 0.722 bits per heavy atom. The highest BCUT2D eigenvalue weighted by Gasteiger charge is 2.18. The van der Waals surface area contributed by atoms with Gasteiger partial charge in [0.2, 0.25) is 0 Å². The van der Waals surface area contributed by atoms with Crippen molar-refractivity contribution in [3.05, 3.63) is 0 Å². The summed E-state index contributed by atoms with van der Waals surface area (Å²) in [7, 11) is 2.40. The molecule has 0 fully saturated rings. The molecule has 0 aromatic carbocycles. The second-order valence-corrected chi connectivity index (χ2v) is 6.16. The summed E-state index contributed by atoms with van der Waals surface area (Å²) in [6, 6.07) is 0. The molecule has 1 atom stereocenters. The molecule has 18 heavy (non-hydrogen) atoms. The number of hydrogen-bond acceptors (Lipinski definition) is 0. The van der Waals surface area contributed by atoms with E-state index in [1.807, 2.05) is 0 Å². The second-order valence-electron chi connectivity index (χ2n) is 5.66. The summed E-state index contributed by atoms with van der Waals surface area (Å²) < 4.78 is 1.22. The summed E-state index contributed by atoms with van der Waals surface area (Å²) in [4.78, 5) is 0. The van der Waals surface area contributed by atoms with Gasteiger partial charge in [0, 0.05) is 0 Å². The van der Waals surface area contributed by atoms with Crippen LogP contribution in [0.2, 0.25) is 0 Å². The van der Waals surface area contributed by atoms with Crippen LogP contribution in [0.4, 0.5) is 0 Å². The average Bonchev–Trinajstić information content (AvgIpc) is 2.34. The Bertz CT molecular complexity index is 165. The van der Waals surface area contributed by atoms with Gasteiger partial charge in [-0.15, -0.1) is 0 Å². The molecule has 0 saturated heterocycles. The number of halogens is 2. The molecule has 0 aromatic heterocycles. The zero-order valence-electron chi connectivity index (χ0n) is 12.7. The summed E-state index contributed by atoms with van der Waals surface area (Å²) in [5.74, 6) is 0. The predicted octanol–water partition coefficient (Wildman–Crippen LogP) is 2.34. The summed E-state index contributed by atoms with van der Waals surface area (Å²) >= 11 is 3.69. The van der Waals surface area contributed by atoms with Crippen LogP contribution in [0.25, 0.3) is 0 Å². The number of alkyl halides is 1. The van der Waals surface area contributed by atoms with Crippen LogP contribution in [0.3, 0.4) is 0 Å². The van der Waals surface area contributed by atoms with Crippen LogP contribution in [0.5, 0.6) is 0 Å². The Balaban J connectivity index is 0. The first-order valence-corrected chi connectivity index (χ1v) is 8.70. The molecule has 0 bridgehead atoms. The topological polar surface area (TPSA) is 0 Å². The van der Waals surface area contributed by atoms with Crippen LogP contribution in [-0.2, 0) is 0 Å². The summed E-state index contributed by atoms with van der Waals surface area (Å²) in [5, 5.41) is 0. The van der Waals surface area contributed by atoms with Crippen molar-refractivity contribution in [3.8, 4) is 0 Å². The Hall–Kier alpha value is 0.920. The Labute approximate surface area is 134 Å². The highest BCUT2D eigenvalue weighted by atomic mass is 79.9. The lowest BCUT2D eigenvalue weighted by molar-refractivity contribution is -0.896. The van der Waals surface area contributed by atoms with E-state index in [0.29, 0.717) is 0 Å². The zero-order valence-corrected chi connectivity index (χ0v) is 15.9. The maximum absolute atomic E-state index is 3.69. The van der Waals surface area contributed by atoms with E-state index in [2.05, 4.69) is 36.8 Å². The molecule has 0 saturated carbocycles. The third kappa shape index (κ3) is 12.0. The molecule has 0 radical (unpaired) electrons. The van der Waals surface area contributed by atoms with Crippen molar-refractivity contribution in [1.82, 2.24) is 0 Å². The van der Waals surface area contributed by atoms with E-state index in [-0.39, 0.29) is 17.0 Å². The maximum Gasteiger partial charge on any atom is 0.134 e. The minimum atomic E-state index is 0. The van der Waals surface area contributed by atoms with Crippen molar-refractivity contribution in [2.75, 3.05) is 25.6 Å². The predicted molar refractivity (Wildman–Crippen MR) is 82.6 cm³/mol. The third-order valence-electron chi connectivity index (χ3n) is 3.64. The fraction of sp³-hybridized carbons (Fsp3) is 1.00. The van der Waals surface area contributed by atoms with Crippen molar-refractivity contribution in [2.45, 2.75) is 71.6 Å². The molecule has 0 spiro atoms. The fourth-order valence-electron chi connectivity index (χ4n) is 2.25. The van der Waals surface area contributed by atoms with Crippen LogP contribution >= 0.6 is 15.9 Å². The van der Waals surface area contributed by atoms with Gasteiger partial charge in [0.05, 0.1) is 20.1 Å². The standard InChI is InChI=1S/C15H33BrN.BrH/c1-4-6-8-9-10-12-14-17(3,15-16)13-11-7-5-2;/h4-15H2,1-3H3;1H/q+1;/p-1. The SMILES string of the molecule is CCCCCCCC[N+](C)(CBr)CCCCC.[Br-]. The largest absolute Gasteiger partial charge is 1.00 e. The summed E-state index contributed by atoms with van der Waals surface area (Å²) in [5.41, 5.74) is 1.12. The first-order chi connectivity index (χ1) is 8.18. The number of nitrogens with zero attached hydrogens (tertiary/aromatic N) is 1. The molecule has 0 aliphatic heterocycles. The van der Waals surface area contributed by atoms with Crippen LogP contribution in [-0.4, -0.2) is 30.1 Å². The molecule has 3 heteroatoms. The van der Waals surface area contributed by atoms with Crippen LogP contribution < -0.4 is 17.0 Å². The molecular weight excluding hydrogens is 354 g/mol. The Morgan fingerprint density at radius 2 is 1.11 bits per heavy atom. The quantitative estimate of drug-likeness (QED) is 0.209. The molecule has 0 N–H and O–H groups in total. The van der Waals surface area contributed by atoms with Gasteiger partial charge in [0.15, 0.2) is 0 Å². The summed E-state index contributed by atoms with van der Waals surface area (Å²) in [6.07, 6.45) is 12.6. The van der Waals surface area contributed by atoms with Crippen molar-refractivity contribution in [2.24, 2.45) is 0 Å². The van der Waals surface area contributed by atoms with Crippen LogP contribution in [0, 0.1) is 0 Å². The van der Waals surface area contributed by atoms with E-state index in [0.717, 1.165) is 5.45 Å². The third-order valence-corrected chi connectivity index (χ3v) is 4.85. The minimum Gasteiger partial charge on any atom is -1.00 e. The Kier molecular flexibility index (Phi) is 16.9. The highest BCUT2D eigenvalue weighted by molar-refractivity contribution is 9.09. The first kappa shape index (κ1) is 21.2. The van der Waals surface area contributed by atoms with Gasteiger partial charge >= 0.3 is 0 Å². The van der Waals surface area contributed by atoms with Gasteiger partial charge in [-0.05, 0) is 41.6 Å². The van der Waals surface area contributed by atoms with E-state index in [1.165, 1.54) is 75.4 Å². The maximum atomic E-state index is 3.69. The minimum absolute atomic E-state index is 0. The fourth-order valence-corrected chi connectivity index (χ4v) is 2.75. The number of quaternary nitrogens is 1. The van der Waals surface area contributed by atoms with E-state index in [1.54, 1.807) is 0 Å². The lowest BCUT2D eigenvalue weighted by Gasteiger charge is -2.32. The van der Waals surface area contributed by atoms with E-state index in [4.69, 9.17) is 0 Å². The van der Waals surface area contributed by atoms with Crippen molar-refractivity contribution < 1.29 is 21.5 Å². The lowest BCUT2D eigenvalue weighted by atomic mass is 10.1. The van der Waals surface area contributed by atoms with Crippen molar-refractivity contribution in [1.29, 1.82) is 0 Å². The smallest absolute Gasteiger partial charge is 0.134 e. The van der Waals surface area contributed by atoms with Gasteiger partial charge in [0.1, 0.15) is 5.45 Å². The first-order valence-electron chi connectivity index (χ1n) is 7.58. The molecule has 0 aromatic rings. The number of hydrogen-bond donors (Lipinski definition) is 0. The van der Waals surface area contributed by atoms with Crippen LogP contribution in [0.15, 0.2) is 0 Å². The molecule has 112 valence electrons. The second kappa shape index (κ2) is 14.3. The molecule has 1 unspecified atom stereocenters. The molecule has 0 rings (SSSR count). The lowest BCUT2D eigenvalue weighted by Crippen LogP contribution is -3.00. The van der Waals surface area contributed by atoms with Crippen LogP contribution in [0.1, 0.15) is 71.6 Å². The molecule has 0 heterocycles.